The molecule has 0 rings (SSSR count). The van der Waals surface area contributed by atoms with Crippen LogP contribution in [0.2, 0.25) is 0 Å². The largest absolute Gasteiger partial charge is 0.394 e. The third kappa shape index (κ3) is 14.0. The Kier molecular flexibility index (Phi) is 15.6. The summed E-state index contributed by atoms with van der Waals surface area (Å²) in [7, 11) is 1.71. The number of hydrogen-bond donors (Lipinski definition) is 2. The van der Waals surface area contributed by atoms with E-state index in [9.17, 15) is 0 Å². The molecule has 0 atom stereocenters. The van der Waals surface area contributed by atoms with Gasteiger partial charge in [-0.3, -0.25) is 4.90 Å². The van der Waals surface area contributed by atoms with Gasteiger partial charge in [0.25, 0.3) is 0 Å². The molecule has 0 fully saturated rings. The molecular weight excluding hydrogens is 250 g/mol. The number of unbranched alkanes of at least 4 members (excludes halogenated alkanes) is 1. The van der Waals surface area contributed by atoms with E-state index in [0.29, 0.717) is 26.4 Å². The Labute approximate surface area is 116 Å². The highest BCUT2D eigenvalue weighted by Gasteiger charge is 2.04. The molecule has 0 aromatic heterocycles. The Balaban J connectivity index is 3.66. The van der Waals surface area contributed by atoms with Crippen molar-refractivity contribution in [3.63, 3.8) is 0 Å². The van der Waals surface area contributed by atoms with E-state index in [4.69, 9.17) is 24.4 Å². The molecule has 0 heterocycles. The number of aliphatic hydroxyl groups is 2. The lowest BCUT2D eigenvalue weighted by molar-refractivity contribution is 0.0497. The molecule has 116 valence electrons. The number of aliphatic hydroxyl groups excluding tert-OH is 2. The fourth-order valence-electron chi connectivity index (χ4n) is 1.64. The van der Waals surface area contributed by atoms with Crippen molar-refractivity contribution >= 4 is 0 Å². The molecule has 2 N–H and O–H groups in total. The molecule has 0 aliphatic carbocycles. The van der Waals surface area contributed by atoms with Gasteiger partial charge in [-0.1, -0.05) is 0 Å². The summed E-state index contributed by atoms with van der Waals surface area (Å²) in [4.78, 5) is 2.27. The van der Waals surface area contributed by atoms with Crippen molar-refractivity contribution in [2.24, 2.45) is 0 Å². The minimum absolute atomic E-state index is 0.0629. The van der Waals surface area contributed by atoms with Gasteiger partial charge in [0.2, 0.25) is 0 Å². The van der Waals surface area contributed by atoms with Crippen LogP contribution in [0.1, 0.15) is 12.8 Å². The van der Waals surface area contributed by atoms with E-state index in [1.807, 2.05) is 0 Å². The average Bonchev–Trinajstić information content (AvgIpc) is 2.43. The molecule has 0 aromatic carbocycles. The van der Waals surface area contributed by atoms with Crippen LogP contribution in [0.15, 0.2) is 0 Å². The smallest absolute Gasteiger partial charge is 0.0698 e. The maximum atomic E-state index is 8.64. The van der Waals surface area contributed by atoms with Crippen molar-refractivity contribution in [3.8, 4) is 0 Å². The lowest BCUT2D eigenvalue weighted by atomic mass is 10.3. The first kappa shape index (κ1) is 18.8. The second kappa shape index (κ2) is 15.8. The molecule has 0 bridgehead atoms. The van der Waals surface area contributed by atoms with Crippen LogP contribution in [0.5, 0.6) is 0 Å². The topological polar surface area (TPSA) is 71.4 Å². The Morgan fingerprint density at radius 3 is 1.79 bits per heavy atom. The van der Waals surface area contributed by atoms with Crippen LogP contribution in [0.4, 0.5) is 0 Å². The number of ether oxygens (including phenoxy) is 3. The molecule has 0 aromatic rings. The van der Waals surface area contributed by atoms with E-state index >= 15 is 0 Å². The first-order valence-electron chi connectivity index (χ1n) is 6.93. The molecule has 6 heteroatoms. The molecule has 0 amide bonds. The van der Waals surface area contributed by atoms with Crippen molar-refractivity contribution < 1.29 is 24.4 Å². The lowest BCUT2D eigenvalue weighted by Gasteiger charge is -2.22. The van der Waals surface area contributed by atoms with Crippen LogP contribution in [0.25, 0.3) is 0 Å². The van der Waals surface area contributed by atoms with Gasteiger partial charge < -0.3 is 24.4 Å². The molecule has 19 heavy (non-hydrogen) atoms. The first-order valence-corrected chi connectivity index (χ1v) is 6.93. The third-order valence-electron chi connectivity index (χ3n) is 2.65. The number of rotatable bonds is 15. The Morgan fingerprint density at radius 2 is 1.32 bits per heavy atom. The van der Waals surface area contributed by atoms with Gasteiger partial charge in [0, 0.05) is 26.8 Å². The second-order valence-electron chi connectivity index (χ2n) is 4.21. The molecule has 0 aliphatic heterocycles. The number of hydrogen-bond acceptors (Lipinski definition) is 6. The molecule has 0 unspecified atom stereocenters. The standard InChI is InChI=1S/C13H29NO5/c1-17-9-3-2-4-14(5-10-18-12-7-15)6-11-19-13-8-16/h15-16H,2-13H2,1H3. The Morgan fingerprint density at radius 1 is 0.737 bits per heavy atom. The van der Waals surface area contributed by atoms with Gasteiger partial charge in [-0.25, -0.2) is 0 Å². The summed E-state index contributed by atoms with van der Waals surface area (Å²) in [5.41, 5.74) is 0. The SMILES string of the molecule is COCCCCN(CCOCCO)CCOCCO. The van der Waals surface area contributed by atoms with Gasteiger partial charge in [-0.05, 0) is 19.4 Å². The normalized spacial score (nSPS) is 11.4. The van der Waals surface area contributed by atoms with Crippen molar-refractivity contribution in [2.45, 2.75) is 12.8 Å². The van der Waals surface area contributed by atoms with E-state index in [-0.39, 0.29) is 13.2 Å². The maximum Gasteiger partial charge on any atom is 0.0698 e. The highest BCUT2D eigenvalue weighted by atomic mass is 16.5. The van der Waals surface area contributed by atoms with Gasteiger partial charge in [-0.15, -0.1) is 0 Å². The predicted molar refractivity (Wildman–Crippen MR) is 73.4 cm³/mol. The summed E-state index contributed by atoms with van der Waals surface area (Å²) in [6, 6.07) is 0. The summed E-state index contributed by atoms with van der Waals surface area (Å²) >= 11 is 0. The van der Waals surface area contributed by atoms with Crippen LogP contribution in [0.3, 0.4) is 0 Å². The first-order chi connectivity index (χ1) is 9.35. The van der Waals surface area contributed by atoms with Crippen molar-refractivity contribution in [1.29, 1.82) is 0 Å². The van der Waals surface area contributed by atoms with Crippen molar-refractivity contribution in [3.05, 3.63) is 0 Å². The summed E-state index contributed by atoms with van der Waals surface area (Å²) < 4.78 is 15.6. The fourth-order valence-corrected chi connectivity index (χ4v) is 1.64. The monoisotopic (exact) mass is 279 g/mol. The highest BCUT2D eigenvalue weighted by molar-refractivity contribution is 4.58. The zero-order valence-corrected chi connectivity index (χ0v) is 12.1. The zero-order chi connectivity index (χ0) is 14.2. The van der Waals surface area contributed by atoms with Crippen molar-refractivity contribution in [2.75, 3.05) is 73.0 Å². The summed E-state index contributed by atoms with van der Waals surface area (Å²) in [5.74, 6) is 0. The molecule has 0 aliphatic rings. The minimum atomic E-state index is 0.0629. The number of methoxy groups -OCH3 is 1. The lowest BCUT2D eigenvalue weighted by Crippen LogP contribution is -2.32. The quantitative estimate of drug-likeness (QED) is 0.402. The Bertz CT molecular complexity index is 143. The molecule has 0 saturated heterocycles. The molecule has 6 nitrogen and oxygen atoms in total. The second-order valence-corrected chi connectivity index (χ2v) is 4.21. The van der Waals surface area contributed by atoms with Crippen LogP contribution >= 0.6 is 0 Å². The van der Waals surface area contributed by atoms with Crippen LogP contribution in [-0.4, -0.2) is 88.1 Å². The average molecular weight is 279 g/mol. The fraction of sp³-hybridized carbons (Fsp3) is 1.00. The van der Waals surface area contributed by atoms with E-state index in [0.717, 1.165) is 39.1 Å². The molecule has 0 saturated carbocycles. The van der Waals surface area contributed by atoms with E-state index < -0.39 is 0 Å². The maximum absolute atomic E-state index is 8.64. The van der Waals surface area contributed by atoms with Gasteiger partial charge in [0.05, 0.1) is 39.6 Å². The number of nitrogens with zero attached hydrogens (tertiary/aromatic N) is 1. The Hall–Kier alpha value is -0.240. The van der Waals surface area contributed by atoms with Gasteiger partial charge in [0.15, 0.2) is 0 Å². The molecular formula is C13H29NO5. The van der Waals surface area contributed by atoms with E-state index in [2.05, 4.69) is 4.90 Å². The third-order valence-corrected chi connectivity index (χ3v) is 2.65. The van der Waals surface area contributed by atoms with E-state index in [1.54, 1.807) is 7.11 Å². The van der Waals surface area contributed by atoms with Crippen LogP contribution < -0.4 is 0 Å². The van der Waals surface area contributed by atoms with Gasteiger partial charge >= 0.3 is 0 Å². The van der Waals surface area contributed by atoms with Crippen LogP contribution in [-0.2, 0) is 14.2 Å². The summed E-state index contributed by atoms with van der Waals surface area (Å²) in [6.45, 7) is 5.56. The van der Waals surface area contributed by atoms with Gasteiger partial charge in [-0.2, -0.15) is 0 Å². The highest BCUT2D eigenvalue weighted by Crippen LogP contribution is 1.97. The van der Waals surface area contributed by atoms with E-state index in [1.165, 1.54) is 0 Å². The van der Waals surface area contributed by atoms with Gasteiger partial charge in [0.1, 0.15) is 0 Å². The van der Waals surface area contributed by atoms with Crippen molar-refractivity contribution in [1.82, 2.24) is 4.90 Å². The zero-order valence-electron chi connectivity index (χ0n) is 12.1. The predicted octanol–water partition coefficient (Wildman–Crippen LogP) is -0.267. The summed E-state index contributed by atoms with van der Waals surface area (Å²) in [6.07, 6.45) is 2.12. The molecule has 0 radical (unpaired) electrons. The summed E-state index contributed by atoms with van der Waals surface area (Å²) in [5, 5.41) is 17.3. The van der Waals surface area contributed by atoms with Crippen LogP contribution in [0, 0.1) is 0 Å². The minimum Gasteiger partial charge on any atom is -0.394 e. The molecule has 0 spiro atoms.